The van der Waals surface area contributed by atoms with Crippen molar-refractivity contribution in [1.82, 2.24) is 9.47 Å². The molecule has 4 nitrogen and oxygen atoms in total. The third kappa shape index (κ3) is 4.18. The van der Waals surface area contributed by atoms with Crippen molar-refractivity contribution in [2.24, 2.45) is 7.05 Å². The van der Waals surface area contributed by atoms with E-state index in [-0.39, 0.29) is 6.03 Å². The van der Waals surface area contributed by atoms with Gasteiger partial charge in [0.05, 0.1) is 16.6 Å². The van der Waals surface area contributed by atoms with Gasteiger partial charge in [0.25, 0.3) is 0 Å². The molecule has 0 spiro atoms. The quantitative estimate of drug-likeness (QED) is 0.836. The van der Waals surface area contributed by atoms with Gasteiger partial charge in [0.2, 0.25) is 0 Å². The fourth-order valence-electron chi connectivity index (χ4n) is 2.16. The number of rotatable bonds is 5. The van der Waals surface area contributed by atoms with Crippen molar-refractivity contribution in [3.8, 4) is 0 Å². The molecule has 118 valence electrons. The molecule has 2 rings (SSSR count). The average molecular weight is 340 g/mol. The lowest BCUT2D eigenvalue weighted by Crippen LogP contribution is -2.35. The molecular formula is C16H19Cl2N3O. The van der Waals surface area contributed by atoms with Gasteiger partial charge in [-0.2, -0.15) is 0 Å². The van der Waals surface area contributed by atoms with Crippen LogP contribution in [0, 0.1) is 0 Å². The lowest BCUT2D eigenvalue weighted by Gasteiger charge is -2.23. The minimum atomic E-state index is -0.151. The number of hydrogen-bond donors (Lipinski definition) is 1. The Labute approximate surface area is 140 Å². The summed E-state index contributed by atoms with van der Waals surface area (Å²) in [6.07, 6.45) is 2.86. The van der Waals surface area contributed by atoms with Gasteiger partial charge in [0, 0.05) is 31.2 Å². The second-order valence-corrected chi connectivity index (χ2v) is 5.91. The van der Waals surface area contributed by atoms with Gasteiger partial charge < -0.3 is 14.8 Å². The SMILES string of the molecule is CCCN(Cc1cccn1C)C(=O)Nc1ccc(Cl)c(Cl)c1. The van der Waals surface area contributed by atoms with Gasteiger partial charge in [0.1, 0.15) is 0 Å². The molecule has 1 heterocycles. The van der Waals surface area contributed by atoms with Crippen molar-refractivity contribution >= 4 is 34.9 Å². The molecule has 22 heavy (non-hydrogen) atoms. The Balaban J connectivity index is 2.08. The number of hydrogen-bond acceptors (Lipinski definition) is 1. The Morgan fingerprint density at radius 3 is 2.64 bits per heavy atom. The molecule has 0 bridgehead atoms. The van der Waals surface area contributed by atoms with E-state index >= 15 is 0 Å². The number of benzene rings is 1. The van der Waals surface area contributed by atoms with E-state index in [0.29, 0.717) is 28.8 Å². The molecule has 1 aromatic carbocycles. The summed E-state index contributed by atoms with van der Waals surface area (Å²) in [4.78, 5) is 14.2. The normalized spacial score (nSPS) is 10.5. The number of carbonyl (C=O) groups excluding carboxylic acids is 1. The molecule has 0 aliphatic rings. The summed E-state index contributed by atoms with van der Waals surface area (Å²) in [6, 6.07) is 8.88. The second kappa shape index (κ2) is 7.56. The van der Waals surface area contributed by atoms with Gasteiger partial charge in [-0.15, -0.1) is 0 Å². The smallest absolute Gasteiger partial charge is 0.322 e. The molecule has 0 aliphatic heterocycles. The van der Waals surface area contributed by atoms with Crippen LogP contribution in [0.2, 0.25) is 10.0 Å². The first-order valence-corrected chi connectivity index (χ1v) is 7.88. The predicted molar refractivity (Wildman–Crippen MR) is 91.6 cm³/mol. The molecule has 0 saturated heterocycles. The van der Waals surface area contributed by atoms with Crippen LogP contribution in [0.25, 0.3) is 0 Å². The zero-order valence-corrected chi connectivity index (χ0v) is 14.2. The molecular weight excluding hydrogens is 321 g/mol. The number of nitrogens with zero attached hydrogens (tertiary/aromatic N) is 2. The van der Waals surface area contributed by atoms with Crippen molar-refractivity contribution in [3.63, 3.8) is 0 Å². The maximum atomic E-state index is 12.5. The van der Waals surface area contributed by atoms with Crippen molar-refractivity contribution in [1.29, 1.82) is 0 Å². The lowest BCUT2D eigenvalue weighted by atomic mass is 10.3. The summed E-state index contributed by atoms with van der Waals surface area (Å²) < 4.78 is 2.01. The number of urea groups is 1. The average Bonchev–Trinajstić information content (AvgIpc) is 2.88. The van der Waals surface area contributed by atoms with Crippen LogP contribution in [0.5, 0.6) is 0 Å². The van der Waals surface area contributed by atoms with E-state index in [1.165, 1.54) is 0 Å². The molecule has 0 unspecified atom stereocenters. The number of anilines is 1. The zero-order valence-electron chi connectivity index (χ0n) is 12.6. The molecule has 6 heteroatoms. The van der Waals surface area contributed by atoms with Gasteiger partial charge in [-0.25, -0.2) is 4.79 Å². The van der Waals surface area contributed by atoms with E-state index in [0.717, 1.165) is 12.1 Å². The van der Waals surface area contributed by atoms with Gasteiger partial charge >= 0.3 is 6.03 Å². The monoisotopic (exact) mass is 339 g/mol. The van der Waals surface area contributed by atoms with E-state index in [4.69, 9.17) is 23.2 Å². The lowest BCUT2D eigenvalue weighted by molar-refractivity contribution is 0.208. The third-order valence-electron chi connectivity index (χ3n) is 3.36. The molecule has 0 radical (unpaired) electrons. The Hall–Kier alpha value is -1.65. The zero-order chi connectivity index (χ0) is 16.1. The number of nitrogens with one attached hydrogen (secondary N) is 1. The summed E-state index contributed by atoms with van der Waals surface area (Å²) in [5.41, 5.74) is 1.71. The molecule has 0 aliphatic carbocycles. The van der Waals surface area contributed by atoms with Gasteiger partial charge in [-0.3, -0.25) is 0 Å². The van der Waals surface area contributed by atoms with E-state index in [9.17, 15) is 4.79 Å². The summed E-state index contributed by atoms with van der Waals surface area (Å²) in [6.45, 7) is 3.28. The molecule has 0 saturated carbocycles. The summed E-state index contributed by atoms with van der Waals surface area (Å²) >= 11 is 11.9. The molecule has 1 aromatic heterocycles. The molecule has 1 N–H and O–H groups in total. The maximum absolute atomic E-state index is 12.5. The third-order valence-corrected chi connectivity index (χ3v) is 4.09. The summed E-state index contributed by atoms with van der Waals surface area (Å²) in [7, 11) is 1.97. The van der Waals surface area contributed by atoms with Crippen LogP contribution in [-0.4, -0.2) is 22.0 Å². The van der Waals surface area contributed by atoms with Crippen LogP contribution in [-0.2, 0) is 13.6 Å². The number of carbonyl (C=O) groups is 1. The number of aryl methyl sites for hydroxylation is 1. The number of aromatic nitrogens is 1. The van der Waals surface area contributed by atoms with Crippen LogP contribution in [0.4, 0.5) is 10.5 Å². The topological polar surface area (TPSA) is 37.3 Å². The van der Waals surface area contributed by atoms with E-state index in [1.807, 2.05) is 36.9 Å². The Kier molecular flexibility index (Phi) is 5.75. The maximum Gasteiger partial charge on any atom is 0.322 e. The fourth-order valence-corrected chi connectivity index (χ4v) is 2.45. The fraction of sp³-hybridized carbons (Fsp3) is 0.312. The highest BCUT2D eigenvalue weighted by molar-refractivity contribution is 6.42. The Morgan fingerprint density at radius 1 is 1.27 bits per heavy atom. The van der Waals surface area contributed by atoms with Crippen LogP contribution >= 0.6 is 23.2 Å². The van der Waals surface area contributed by atoms with Crippen molar-refractivity contribution in [2.45, 2.75) is 19.9 Å². The largest absolute Gasteiger partial charge is 0.353 e. The minimum Gasteiger partial charge on any atom is -0.353 e. The molecule has 2 amide bonds. The molecule has 2 aromatic rings. The van der Waals surface area contributed by atoms with Crippen molar-refractivity contribution in [3.05, 3.63) is 52.3 Å². The van der Waals surface area contributed by atoms with Gasteiger partial charge in [-0.05, 0) is 36.8 Å². The second-order valence-electron chi connectivity index (χ2n) is 5.09. The van der Waals surface area contributed by atoms with E-state index < -0.39 is 0 Å². The first kappa shape index (κ1) is 16.7. The number of amides is 2. The van der Waals surface area contributed by atoms with E-state index in [1.54, 1.807) is 23.1 Å². The Bertz CT molecular complexity index is 655. The summed E-state index contributed by atoms with van der Waals surface area (Å²) in [5.74, 6) is 0. The van der Waals surface area contributed by atoms with Gasteiger partial charge in [0.15, 0.2) is 0 Å². The standard InChI is InChI=1S/C16H19Cl2N3O/c1-3-8-21(11-13-5-4-9-20(13)2)16(22)19-12-6-7-14(17)15(18)10-12/h4-7,9-10H,3,8,11H2,1-2H3,(H,19,22). The van der Waals surface area contributed by atoms with Crippen LogP contribution in [0.1, 0.15) is 19.0 Å². The van der Waals surface area contributed by atoms with E-state index in [2.05, 4.69) is 5.32 Å². The van der Waals surface area contributed by atoms with Gasteiger partial charge in [-0.1, -0.05) is 30.1 Å². The van der Waals surface area contributed by atoms with Crippen LogP contribution < -0.4 is 5.32 Å². The highest BCUT2D eigenvalue weighted by Gasteiger charge is 2.15. The van der Waals surface area contributed by atoms with Crippen LogP contribution in [0.3, 0.4) is 0 Å². The summed E-state index contributed by atoms with van der Waals surface area (Å²) in [5, 5.41) is 3.75. The highest BCUT2D eigenvalue weighted by atomic mass is 35.5. The van der Waals surface area contributed by atoms with Crippen molar-refractivity contribution in [2.75, 3.05) is 11.9 Å². The van der Waals surface area contributed by atoms with Crippen LogP contribution in [0.15, 0.2) is 36.5 Å². The first-order valence-electron chi connectivity index (χ1n) is 7.12. The minimum absolute atomic E-state index is 0.151. The number of halogens is 2. The Morgan fingerprint density at radius 2 is 2.05 bits per heavy atom. The highest BCUT2D eigenvalue weighted by Crippen LogP contribution is 2.25. The first-order chi connectivity index (χ1) is 10.5. The predicted octanol–water partition coefficient (Wildman–Crippen LogP) is 4.78. The van der Waals surface area contributed by atoms with Crippen molar-refractivity contribution < 1.29 is 4.79 Å². The molecule has 0 fully saturated rings. The molecule has 0 atom stereocenters.